The Kier molecular flexibility index (Phi) is 1.59. The Hall–Kier alpha value is -0.630. The van der Waals surface area contributed by atoms with Crippen molar-refractivity contribution in [2.24, 2.45) is 0 Å². The Morgan fingerprint density at radius 1 is 1.00 bits per heavy atom. The molecule has 2 aliphatic carbocycles. The lowest BCUT2D eigenvalue weighted by molar-refractivity contribution is 0.923. The molecule has 68 valence electrons. The predicted octanol–water partition coefficient (Wildman–Crippen LogP) is 2.88. The van der Waals surface area contributed by atoms with Crippen LogP contribution in [0.4, 0.5) is 0 Å². The van der Waals surface area contributed by atoms with Gasteiger partial charge in [-0.25, -0.2) is 9.97 Å². The minimum absolute atomic E-state index is 0.436. The van der Waals surface area contributed by atoms with E-state index in [2.05, 4.69) is 16.0 Å². The van der Waals surface area contributed by atoms with Gasteiger partial charge >= 0.3 is 0 Å². The molecule has 0 spiro atoms. The third kappa shape index (κ3) is 1.55. The van der Waals surface area contributed by atoms with Gasteiger partial charge in [0.15, 0.2) is 0 Å². The fraction of sp³-hybridized carbons (Fsp3) is 0.600. The smallest absolute Gasteiger partial charge is 0.222 e. The summed E-state index contributed by atoms with van der Waals surface area (Å²) in [6.07, 6.45) is 5.10. The zero-order valence-electron chi connectivity index (χ0n) is 7.33. The average Bonchev–Trinajstić information content (AvgIpc) is 2.98. The summed E-state index contributed by atoms with van der Waals surface area (Å²) in [7, 11) is 0. The molecule has 2 aliphatic rings. The first-order valence-electron chi connectivity index (χ1n) is 4.87. The third-order valence-electron chi connectivity index (χ3n) is 2.73. The van der Waals surface area contributed by atoms with Gasteiger partial charge in [-0.05, 0) is 43.4 Å². The summed E-state index contributed by atoms with van der Waals surface area (Å²) < 4.78 is 0. The van der Waals surface area contributed by atoms with Crippen molar-refractivity contribution in [2.75, 3.05) is 0 Å². The Balaban J connectivity index is 1.99. The van der Waals surface area contributed by atoms with E-state index in [0.29, 0.717) is 17.1 Å². The van der Waals surface area contributed by atoms with Crippen LogP contribution in [0.2, 0.25) is 5.28 Å². The van der Waals surface area contributed by atoms with E-state index in [0.717, 1.165) is 0 Å². The van der Waals surface area contributed by atoms with E-state index < -0.39 is 0 Å². The minimum Gasteiger partial charge on any atom is -0.223 e. The van der Waals surface area contributed by atoms with E-state index in [1.165, 1.54) is 37.1 Å². The highest BCUT2D eigenvalue weighted by molar-refractivity contribution is 6.28. The quantitative estimate of drug-likeness (QED) is 0.677. The van der Waals surface area contributed by atoms with Crippen LogP contribution < -0.4 is 0 Å². The topological polar surface area (TPSA) is 25.8 Å². The Morgan fingerprint density at radius 3 is 1.85 bits per heavy atom. The molecule has 13 heavy (non-hydrogen) atoms. The second-order valence-corrected chi connectivity index (χ2v) is 4.37. The first-order valence-corrected chi connectivity index (χ1v) is 5.25. The Labute approximate surface area is 82.4 Å². The van der Waals surface area contributed by atoms with Crippen LogP contribution in [0.25, 0.3) is 0 Å². The van der Waals surface area contributed by atoms with Crippen LogP contribution in [0.3, 0.4) is 0 Å². The molecular formula is C10H11ClN2. The van der Waals surface area contributed by atoms with Crippen molar-refractivity contribution < 1.29 is 0 Å². The van der Waals surface area contributed by atoms with E-state index in [-0.39, 0.29) is 0 Å². The molecule has 2 nitrogen and oxygen atoms in total. The summed E-state index contributed by atoms with van der Waals surface area (Å²) in [4.78, 5) is 8.52. The van der Waals surface area contributed by atoms with Gasteiger partial charge in [-0.15, -0.1) is 0 Å². The number of halogens is 1. The van der Waals surface area contributed by atoms with E-state index >= 15 is 0 Å². The van der Waals surface area contributed by atoms with Gasteiger partial charge < -0.3 is 0 Å². The fourth-order valence-corrected chi connectivity index (χ4v) is 1.83. The molecule has 0 radical (unpaired) electrons. The zero-order valence-corrected chi connectivity index (χ0v) is 8.09. The number of hydrogen-bond acceptors (Lipinski definition) is 2. The summed E-state index contributed by atoms with van der Waals surface area (Å²) in [6, 6.07) is 2.15. The summed E-state index contributed by atoms with van der Waals surface area (Å²) in [5, 5.41) is 0.436. The molecule has 0 bridgehead atoms. The number of nitrogens with zero attached hydrogens (tertiary/aromatic N) is 2. The summed E-state index contributed by atoms with van der Waals surface area (Å²) >= 11 is 5.87. The SMILES string of the molecule is Clc1nc(C2CC2)cc(C2CC2)n1. The highest BCUT2D eigenvalue weighted by atomic mass is 35.5. The lowest BCUT2D eigenvalue weighted by Gasteiger charge is -2.01. The summed E-state index contributed by atoms with van der Waals surface area (Å²) in [6.45, 7) is 0. The highest BCUT2D eigenvalue weighted by Crippen LogP contribution is 2.43. The van der Waals surface area contributed by atoms with Gasteiger partial charge in [-0.3, -0.25) is 0 Å². The van der Waals surface area contributed by atoms with Crippen LogP contribution in [-0.2, 0) is 0 Å². The maximum absolute atomic E-state index is 5.87. The molecule has 0 saturated heterocycles. The molecular weight excluding hydrogens is 184 g/mol. The molecule has 0 amide bonds. The molecule has 3 rings (SSSR count). The Morgan fingerprint density at radius 2 is 1.46 bits per heavy atom. The van der Waals surface area contributed by atoms with Crippen LogP contribution in [0.5, 0.6) is 0 Å². The monoisotopic (exact) mass is 194 g/mol. The van der Waals surface area contributed by atoms with Gasteiger partial charge in [0.2, 0.25) is 5.28 Å². The van der Waals surface area contributed by atoms with E-state index in [4.69, 9.17) is 11.6 Å². The van der Waals surface area contributed by atoms with Gasteiger partial charge in [-0.1, -0.05) is 0 Å². The van der Waals surface area contributed by atoms with Crippen molar-refractivity contribution >= 4 is 11.6 Å². The zero-order chi connectivity index (χ0) is 8.84. The van der Waals surface area contributed by atoms with Crippen LogP contribution >= 0.6 is 11.6 Å². The van der Waals surface area contributed by atoms with Crippen molar-refractivity contribution in [2.45, 2.75) is 37.5 Å². The molecule has 2 fully saturated rings. The molecule has 2 saturated carbocycles. The van der Waals surface area contributed by atoms with E-state index in [1.54, 1.807) is 0 Å². The van der Waals surface area contributed by atoms with Crippen molar-refractivity contribution in [3.8, 4) is 0 Å². The van der Waals surface area contributed by atoms with E-state index in [9.17, 15) is 0 Å². The van der Waals surface area contributed by atoms with Crippen molar-refractivity contribution in [1.29, 1.82) is 0 Å². The lowest BCUT2D eigenvalue weighted by atomic mass is 10.2. The largest absolute Gasteiger partial charge is 0.223 e. The van der Waals surface area contributed by atoms with E-state index in [1.807, 2.05) is 0 Å². The fourth-order valence-electron chi connectivity index (χ4n) is 1.63. The second-order valence-electron chi connectivity index (χ2n) is 4.04. The van der Waals surface area contributed by atoms with Crippen LogP contribution in [0.1, 0.15) is 48.9 Å². The van der Waals surface area contributed by atoms with Crippen molar-refractivity contribution in [3.63, 3.8) is 0 Å². The second kappa shape index (κ2) is 2.68. The first kappa shape index (κ1) is 7.74. The van der Waals surface area contributed by atoms with Crippen LogP contribution in [0, 0.1) is 0 Å². The lowest BCUT2D eigenvalue weighted by Crippen LogP contribution is -1.95. The number of hydrogen-bond donors (Lipinski definition) is 0. The molecule has 0 aliphatic heterocycles. The van der Waals surface area contributed by atoms with Gasteiger partial charge in [0, 0.05) is 23.2 Å². The molecule has 3 heteroatoms. The van der Waals surface area contributed by atoms with Crippen molar-refractivity contribution in [1.82, 2.24) is 9.97 Å². The summed E-state index contributed by atoms with van der Waals surface area (Å²) in [5.41, 5.74) is 2.34. The van der Waals surface area contributed by atoms with Gasteiger partial charge in [0.1, 0.15) is 0 Å². The maximum Gasteiger partial charge on any atom is 0.222 e. The average molecular weight is 195 g/mol. The third-order valence-corrected chi connectivity index (χ3v) is 2.90. The normalized spacial score (nSPS) is 21.9. The molecule has 0 aromatic carbocycles. The van der Waals surface area contributed by atoms with Gasteiger partial charge in [0.05, 0.1) is 0 Å². The van der Waals surface area contributed by atoms with Crippen LogP contribution in [-0.4, -0.2) is 9.97 Å². The molecule has 0 N–H and O–H groups in total. The summed E-state index contributed by atoms with van der Waals surface area (Å²) in [5.74, 6) is 1.36. The molecule has 0 unspecified atom stereocenters. The number of rotatable bonds is 2. The minimum atomic E-state index is 0.436. The van der Waals surface area contributed by atoms with Gasteiger partial charge in [-0.2, -0.15) is 0 Å². The highest BCUT2D eigenvalue weighted by Gasteiger charge is 2.30. The molecule has 1 aromatic heterocycles. The predicted molar refractivity (Wildman–Crippen MR) is 51.0 cm³/mol. The van der Waals surface area contributed by atoms with Gasteiger partial charge in [0.25, 0.3) is 0 Å². The maximum atomic E-state index is 5.87. The van der Waals surface area contributed by atoms with Crippen molar-refractivity contribution in [3.05, 3.63) is 22.7 Å². The molecule has 1 aromatic rings. The Bertz CT molecular complexity index is 313. The first-order chi connectivity index (χ1) is 6.33. The molecule has 0 atom stereocenters. The van der Waals surface area contributed by atoms with Crippen LogP contribution in [0.15, 0.2) is 6.07 Å². The number of aromatic nitrogens is 2. The molecule has 1 heterocycles. The standard InChI is InChI=1S/C10H11ClN2/c11-10-12-8(6-1-2-6)5-9(13-10)7-3-4-7/h5-7H,1-4H2.